The van der Waals surface area contributed by atoms with E-state index in [9.17, 15) is 13.2 Å². The Morgan fingerprint density at radius 2 is 1.88 bits per heavy atom. The molecule has 6 heteroatoms. The molecule has 1 aromatic rings. The van der Waals surface area contributed by atoms with E-state index < -0.39 is 9.84 Å². The van der Waals surface area contributed by atoms with Crippen LogP contribution in [-0.2, 0) is 14.6 Å². The molecule has 1 atom stereocenters. The van der Waals surface area contributed by atoms with Gasteiger partial charge in [0.25, 0.3) is 0 Å². The maximum absolute atomic E-state index is 12.5. The van der Waals surface area contributed by atoms with Crippen LogP contribution >= 0.6 is 0 Å². The molecule has 0 aliphatic carbocycles. The third kappa shape index (κ3) is 4.23. The summed E-state index contributed by atoms with van der Waals surface area (Å²) in [7, 11) is -3.23. The largest absolute Gasteiger partial charge is 0.342 e. The van der Waals surface area contributed by atoms with Gasteiger partial charge in [0.1, 0.15) is 0 Å². The molecule has 0 N–H and O–H groups in total. The van der Waals surface area contributed by atoms with Crippen molar-refractivity contribution in [1.82, 2.24) is 9.80 Å². The zero-order valence-electron chi connectivity index (χ0n) is 15.0. The number of piperidine rings is 2. The first-order valence-corrected chi connectivity index (χ1v) is 10.9. The molecule has 138 valence electrons. The molecule has 1 aromatic carbocycles. The number of sulfone groups is 1. The summed E-state index contributed by atoms with van der Waals surface area (Å²) in [6, 6.07) is 8.69. The van der Waals surface area contributed by atoms with E-state index in [2.05, 4.69) is 4.90 Å². The molecule has 0 saturated carbocycles. The number of hydrogen-bond acceptors (Lipinski definition) is 4. The lowest BCUT2D eigenvalue weighted by molar-refractivity contribution is -0.139. The van der Waals surface area contributed by atoms with Crippen molar-refractivity contribution in [1.29, 1.82) is 0 Å². The molecule has 0 bridgehead atoms. The van der Waals surface area contributed by atoms with E-state index >= 15 is 0 Å². The van der Waals surface area contributed by atoms with E-state index in [-0.39, 0.29) is 17.1 Å². The smallest absolute Gasteiger partial charge is 0.222 e. The zero-order valence-corrected chi connectivity index (χ0v) is 15.8. The second-order valence-electron chi connectivity index (χ2n) is 7.42. The topological polar surface area (TPSA) is 57.7 Å². The number of nitrogens with zero attached hydrogens (tertiary/aromatic N) is 2. The maximum Gasteiger partial charge on any atom is 0.222 e. The molecule has 1 spiro atoms. The molecule has 2 fully saturated rings. The van der Waals surface area contributed by atoms with E-state index in [0.29, 0.717) is 17.9 Å². The van der Waals surface area contributed by atoms with Crippen LogP contribution in [0.25, 0.3) is 0 Å². The Bertz CT molecular complexity index is 705. The Hall–Kier alpha value is -1.40. The number of rotatable bonds is 5. The number of benzene rings is 1. The Morgan fingerprint density at radius 1 is 1.12 bits per heavy atom. The van der Waals surface area contributed by atoms with E-state index in [1.54, 1.807) is 24.3 Å². The van der Waals surface area contributed by atoms with Gasteiger partial charge in [-0.1, -0.05) is 18.2 Å². The molecular formula is C19H28N2O3S. The number of amides is 1. The molecule has 1 amide bonds. The van der Waals surface area contributed by atoms with Gasteiger partial charge in [-0.3, -0.25) is 4.79 Å². The number of hydrogen-bond donors (Lipinski definition) is 0. The van der Waals surface area contributed by atoms with E-state index in [1.165, 1.54) is 0 Å². The van der Waals surface area contributed by atoms with Crippen molar-refractivity contribution in [3.63, 3.8) is 0 Å². The van der Waals surface area contributed by atoms with Crippen molar-refractivity contribution in [2.75, 3.05) is 38.5 Å². The van der Waals surface area contributed by atoms with Gasteiger partial charge in [-0.05, 0) is 44.9 Å². The first-order chi connectivity index (χ1) is 11.9. The Kier molecular flexibility index (Phi) is 5.49. The molecule has 3 rings (SSSR count). The van der Waals surface area contributed by atoms with E-state index in [0.717, 1.165) is 45.4 Å². The lowest BCUT2D eigenvalue weighted by Gasteiger charge is -2.48. The third-order valence-electron chi connectivity index (χ3n) is 5.65. The van der Waals surface area contributed by atoms with Crippen LogP contribution in [0.15, 0.2) is 35.2 Å². The van der Waals surface area contributed by atoms with Crippen LogP contribution in [-0.4, -0.2) is 62.6 Å². The molecule has 2 heterocycles. The fourth-order valence-corrected chi connectivity index (χ4v) is 5.53. The van der Waals surface area contributed by atoms with Crippen LogP contribution in [0.2, 0.25) is 0 Å². The molecule has 0 aromatic heterocycles. The first kappa shape index (κ1) is 18.4. The van der Waals surface area contributed by atoms with Gasteiger partial charge in [0.15, 0.2) is 9.84 Å². The molecule has 2 saturated heterocycles. The van der Waals surface area contributed by atoms with Crippen LogP contribution in [0.3, 0.4) is 0 Å². The fraction of sp³-hybridized carbons (Fsp3) is 0.632. The van der Waals surface area contributed by atoms with Crippen LogP contribution in [0.1, 0.15) is 32.6 Å². The minimum Gasteiger partial charge on any atom is -0.342 e. The number of likely N-dealkylation sites (tertiary alicyclic amines) is 2. The number of carbonyl (C=O) groups is 1. The highest BCUT2D eigenvalue weighted by molar-refractivity contribution is 7.91. The Balaban J connectivity index is 1.62. The lowest BCUT2D eigenvalue weighted by atomic mass is 9.73. The molecule has 2 aliphatic rings. The minimum atomic E-state index is -3.23. The van der Waals surface area contributed by atoms with Gasteiger partial charge in [-0.15, -0.1) is 0 Å². The number of carbonyl (C=O) groups excluding carboxylic acids is 1. The van der Waals surface area contributed by atoms with E-state index in [1.807, 2.05) is 17.9 Å². The summed E-state index contributed by atoms with van der Waals surface area (Å²) in [6.45, 7) is 6.05. The van der Waals surface area contributed by atoms with Gasteiger partial charge in [0, 0.05) is 38.0 Å². The second-order valence-corrected chi connectivity index (χ2v) is 9.53. The van der Waals surface area contributed by atoms with Gasteiger partial charge >= 0.3 is 0 Å². The first-order valence-electron chi connectivity index (χ1n) is 9.22. The lowest BCUT2D eigenvalue weighted by Crippen LogP contribution is -2.54. The summed E-state index contributed by atoms with van der Waals surface area (Å²) in [5, 5.41) is 0. The molecule has 2 aliphatic heterocycles. The SMILES string of the molecule is CCN1C[C@]2(CCCN(CCS(=O)(=O)c3ccccc3)C2)CCC1=O. The summed E-state index contributed by atoms with van der Waals surface area (Å²) in [4.78, 5) is 16.6. The van der Waals surface area contributed by atoms with Crippen molar-refractivity contribution >= 4 is 15.7 Å². The van der Waals surface area contributed by atoms with Crippen LogP contribution in [0, 0.1) is 5.41 Å². The standard InChI is InChI=1S/C19H28N2O3S/c1-2-21-16-19(11-9-18(21)22)10-6-12-20(15-19)13-14-25(23,24)17-7-4-3-5-8-17/h3-5,7-8H,2,6,9-16H2,1H3/t19-/m1/s1. The van der Waals surface area contributed by atoms with Crippen molar-refractivity contribution in [2.45, 2.75) is 37.5 Å². The highest BCUT2D eigenvalue weighted by Gasteiger charge is 2.41. The van der Waals surface area contributed by atoms with Gasteiger partial charge in [0.05, 0.1) is 10.6 Å². The normalized spacial score (nSPS) is 25.5. The summed E-state index contributed by atoms with van der Waals surface area (Å²) in [5.41, 5.74) is 0.151. The predicted molar refractivity (Wildman–Crippen MR) is 98.1 cm³/mol. The van der Waals surface area contributed by atoms with Crippen LogP contribution < -0.4 is 0 Å². The zero-order chi connectivity index (χ0) is 17.9. The summed E-state index contributed by atoms with van der Waals surface area (Å²) >= 11 is 0. The van der Waals surface area contributed by atoms with Crippen molar-refractivity contribution in [2.24, 2.45) is 5.41 Å². The fourth-order valence-electron chi connectivity index (χ4n) is 4.22. The summed E-state index contributed by atoms with van der Waals surface area (Å²) < 4.78 is 25.0. The average Bonchev–Trinajstić information content (AvgIpc) is 2.63. The molecule has 25 heavy (non-hydrogen) atoms. The summed E-state index contributed by atoms with van der Waals surface area (Å²) in [6.07, 6.45) is 3.78. The van der Waals surface area contributed by atoms with Crippen molar-refractivity contribution in [3.8, 4) is 0 Å². The maximum atomic E-state index is 12.5. The Morgan fingerprint density at radius 3 is 2.60 bits per heavy atom. The minimum absolute atomic E-state index is 0.151. The van der Waals surface area contributed by atoms with Crippen LogP contribution in [0.4, 0.5) is 0 Å². The van der Waals surface area contributed by atoms with E-state index in [4.69, 9.17) is 0 Å². The second kappa shape index (κ2) is 7.46. The monoisotopic (exact) mass is 364 g/mol. The van der Waals surface area contributed by atoms with Gasteiger partial charge in [-0.25, -0.2) is 8.42 Å². The Labute approximate surface area is 150 Å². The van der Waals surface area contributed by atoms with Crippen molar-refractivity contribution < 1.29 is 13.2 Å². The molecular weight excluding hydrogens is 336 g/mol. The third-order valence-corrected chi connectivity index (χ3v) is 7.36. The summed E-state index contributed by atoms with van der Waals surface area (Å²) in [5.74, 6) is 0.417. The molecule has 0 unspecified atom stereocenters. The highest BCUT2D eigenvalue weighted by Crippen LogP contribution is 2.38. The van der Waals surface area contributed by atoms with Crippen LogP contribution in [0.5, 0.6) is 0 Å². The highest BCUT2D eigenvalue weighted by atomic mass is 32.2. The molecule has 0 radical (unpaired) electrons. The molecule has 5 nitrogen and oxygen atoms in total. The van der Waals surface area contributed by atoms with Crippen molar-refractivity contribution in [3.05, 3.63) is 30.3 Å². The average molecular weight is 365 g/mol. The van der Waals surface area contributed by atoms with Gasteiger partial charge in [0.2, 0.25) is 5.91 Å². The van der Waals surface area contributed by atoms with Gasteiger partial charge < -0.3 is 9.80 Å². The predicted octanol–water partition coefficient (Wildman–Crippen LogP) is 2.18. The van der Waals surface area contributed by atoms with Gasteiger partial charge in [-0.2, -0.15) is 0 Å². The quantitative estimate of drug-likeness (QED) is 0.804.